The molecule has 1 unspecified atom stereocenters. The number of carbonyl (C=O) groups excluding carboxylic acids is 1. The summed E-state index contributed by atoms with van der Waals surface area (Å²) in [5.74, 6) is -0.177. The number of nitrogens with zero attached hydrogens (tertiary/aromatic N) is 3. The number of aromatic nitrogens is 3. The van der Waals surface area contributed by atoms with E-state index in [0.29, 0.717) is 11.4 Å². The molecule has 1 amide bonds. The highest BCUT2D eigenvalue weighted by molar-refractivity contribution is 7.21. The predicted molar refractivity (Wildman–Crippen MR) is 117 cm³/mol. The summed E-state index contributed by atoms with van der Waals surface area (Å²) in [6.07, 6.45) is 4.14. The Balaban J connectivity index is 1.30. The van der Waals surface area contributed by atoms with Crippen molar-refractivity contribution in [3.63, 3.8) is 0 Å². The molecule has 3 heterocycles. The van der Waals surface area contributed by atoms with Gasteiger partial charge in [-0.1, -0.05) is 42.5 Å². The van der Waals surface area contributed by atoms with Gasteiger partial charge in [0.15, 0.2) is 5.69 Å². The molecule has 4 aromatic rings. The first-order valence-corrected chi connectivity index (χ1v) is 10.9. The molecule has 0 bridgehead atoms. The highest BCUT2D eigenvalue weighted by Gasteiger charge is 2.29. The largest absolute Gasteiger partial charge is 0.342 e. The van der Waals surface area contributed by atoms with Crippen LogP contribution in [-0.4, -0.2) is 40.0 Å². The Bertz CT molecular complexity index is 1140. The number of nitrogens with one attached hydrogen (secondary N) is 2. The minimum atomic E-state index is -0.177. The second kappa shape index (κ2) is 8.30. The third kappa shape index (κ3) is 3.94. The van der Waals surface area contributed by atoms with Crippen molar-refractivity contribution in [2.24, 2.45) is 0 Å². The third-order valence-electron chi connectivity index (χ3n) is 5.42. The highest BCUT2D eigenvalue weighted by atomic mass is 32.1. The molecule has 1 aliphatic rings. The molecule has 0 saturated carbocycles. The number of hydrogen-bond donors (Lipinski definition) is 2. The number of rotatable bonds is 5. The van der Waals surface area contributed by atoms with Crippen LogP contribution in [0.3, 0.4) is 0 Å². The summed E-state index contributed by atoms with van der Waals surface area (Å²) in [4.78, 5) is 27.9. The number of likely N-dealkylation sites (tertiary alicyclic amines) is 1. The predicted octanol–water partition coefficient (Wildman–Crippen LogP) is 2.34. The molecule has 5 rings (SSSR count). The lowest BCUT2D eigenvalue weighted by Crippen LogP contribution is -3.09. The Hall–Kier alpha value is -3.16. The molecule has 1 aliphatic heterocycles. The lowest BCUT2D eigenvalue weighted by Gasteiger charge is -2.14. The van der Waals surface area contributed by atoms with Gasteiger partial charge in [0.1, 0.15) is 17.2 Å². The standard InChI is InChI=1S/C23H21N5OS/c29-22(26-17-10-13-28(15-17)14-16-6-2-1-3-7-16)20-21(25-12-11-24-20)23-27-18-8-4-5-9-19(18)30-23/h1-9,11-12,17H,10,13-15H2,(H,26,29)/p+1/t17-/m1/s1. The smallest absolute Gasteiger partial charge is 0.272 e. The summed E-state index contributed by atoms with van der Waals surface area (Å²) in [7, 11) is 0. The Kier molecular flexibility index (Phi) is 5.21. The lowest BCUT2D eigenvalue weighted by molar-refractivity contribution is -0.901. The Morgan fingerprint density at radius 3 is 2.73 bits per heavy atom. The number of thiazole rings is 1. The van der Waals surface area contributed by atoms with E-state index in [4.69, 9.17) is 0 Å². The maximum atomic E-state index is 13.0. The van der Waals surface area contributed by atoms with Gasteiger partial charge < -0.3 is 10.2 Å². The zero-order valence-electron chi connectivity index (χ0n) is 16.4. The monoisotopic (exact) mass is 416 g/mol. The Morgan fingerprint density at radius 2 is 1.87 bits per heavy atom. The van der Waals surface area contributed by atoms with E-state index in [1.807, 2.05) is 30.3 Å². The molecule has 0 radical (unpaired) electrons. The van der Waals surface area contributed by atoms with Crippen molar-refractivity contribution in [1.29, 1.82) is 0 Å². The van der Waals surface area contributed by atoms with E-state index in [0.717, 1.165) is 41.3 Å². The van der Waals surface area contributed by atoms with E-state index in [2.05, 4.69) is 44.5 Å². The van der Waals surface area contributed by atoms with Crippen LogP contribution in [0.5, 0.6) is 0 Å². The zero-order valence-corrected chi connectivity index (χ0v) is 17.2. The van der Waals surface area contributed by atoms with Crippen LogP contribution in [0.25, 0.3) is 20.9 Å². The van der Waals surface area contributed by atoms with Gasteiger partial charge in [0, 0.05) is 24.4 Å². The molecule has 6 nitrogen and oxygen atoms in total. The second-order valence-corrected chi connectivity index (χ2v) is 8.60. The molecule has 2 atom stereocenters. The quantitative estimate of drug-likeness (QED) is 0.524. The first-order valence-electron chi connectivity index (χ1n) is 10.1. The normalized spacial score (nSPS) is 18.5. The fourth-order valence-electron chi connectivity index (χ4n) is 3.99. The average Bonchev–Trinajstić information content (AvgIpc) is 3.41. The van der Waals surface area contributed by atoms with E-state index in [-0.39, 0.29) is 11.9 Å². The van der Waals surface area contributed by atoms with Crippen LogP contribution in [0, 0.1) is 0 Å². The van der Waals surface area contributed by atoms with Gasteiger partial charge in [0.25, 0.3) is 5.91 Å². The Morgan fingerprint density at radius 1 is 1.07 bits per heavy atom. The van der Waals surface area contributed by atoms with Gasteiger partial charge in [0.05, 0.1) is 29.3 Å². The molecule has 2 aromatic heterocycles. The molecular formula is C23H22N5OS+. The number of fused-ring (bicyclic) bond motifs is 1. The average molecular weight is 417 g/mol. The van der Waals surface area contributed by atoms with Crippen LogP contribution in [0.2, 0.25) is 0 Å². The number of hydrogen-bond acceptors (Lipinski definition) is 5. The topological polar surface area (TPSA) is 72.2 Å². The van der Waals surface area contributed by atoms with E-state index in [1.54, 1.807) is 12.4 Å². The van der Waals surface area contributed by atoms with Gasteiger partial charge in [-0.05, 0) is 12.1 Å². The minimum absolute atomic E-state index is 0.140. The molecule has 150 valence electrons. The van der Waals surface area contributed by atoms with Crippen molar-refractivity contribution < 1.29 is 9.69 Å². The fraction of sp³-hybridized carbons (Fsp3) is 0.217. The third-order valence-corrected chi connectivity index (χ3v) is 6.47. The molecule has 30 heavy (non-hydrogen) atoms. The van der Waals surface area contributed by atoms with E-state index in [9.17, 15) is 4.79 Å². The number of quaternary nitrogens is 1. The summed E-state index contributed by atoms with van der Waals surface area (Å²) in [5.41, 5.74) is 3.12. The van der Waals surface area contributed by atoms with Crippen LogP contribution in [0.4, 0.5) is 0 Å². The zero-order chi connectivity index (χ0) is 20.3. The number of para-hydroxylation sites is 1. The van der Waals surface area contributed by atoms with Crippen LogP contribution >= 0.6 is 11.3 Å². The number of carbonyl (C=O) groups is 1. The van der Waals surface area contributed by atoms with Crippen LogP contribution in [-0.2, 0) is 6.54 Å². The summed E-state index contributed by atoms with van der Waals surface area (Å²) in [5, 5.41) is 3.89. The summed E-state index contributed by atoms with van der Waals surface area (Å²) in [6.45, 7) is 2.94. The van der Waals surface area contributed by atoms with Crippen LogP contribution < -0.4 is 10.2 Å². The molecule has 0 aliphatic carbocycles. The van der Waals surface area contributed by atoms with Crippen molar-refractivity contribution in [3.8, 4) is 10.7 Å². The minimum Gasteiger partial charge on any atom is -0.342 e. The van der Waals surface area contributed by atoms with Gasteiger partial charge in [-0.2, -0.15) is 0 Å². The van der Waals surface area contributed by atoms with Crippen molar-refractivity contribution in [3.05, 3.63) is 78.2 Å². The van der Waals surface area contributed by atoms with Crippen molar-refractivity contribution in [2.45, 2.75) is 19.0 Å². The van der Waals surface area contributed by atoms with Crippen molar-refractivity contribution >= 4 is 27.5 Å². The SMILES string of the molecule is O=C(N[C@@H]1CC[NH+](Cc2ccccc2)C1)c1nccnc1-c1nc2ccccc2s1. The van der Waals surface area contributed by atoms with Gasteiger partial charge in [0.2, 0.25) is 0 Å². The number of amides is 1. The van der Waals surface area contributed by atoms with Gasteiger partial charge >= 0.3 is 0 Å². The highest BCUT2D eigenvalue weighted by Crippen LogP contribution is 2.30. The molecule has 0 spiro atoms. The van der Waals surface area contributed by atoms with E-state index in [1.165, 1.54) is 21.8 Å². The Labute approximate surface area is 178 Å². The first-order chi connectivity index (χ1) is 14.8. The van der Waals surface area contributed by atoms with Crippen molar-refractivity contribution in [2.75, 3.05) is 13.1 Å². The van der Waals surface area contributed by atoms with E-state index < -0.39 is 0 Å². The maximum absolute atomic E-state index is 13.0. The molecule has 1 fully saturated rings. The molecule has 7 heteroatoms. The van der Waals surface area contributed by atoms with Crippen LogP contribution in [0.15, 0.2) is 67.0 Å². The van der Waals surface area contributed by atoms with Gasteiger partial charge in [-0.3, -0.25) is 4.79 Å². The maximum Gasteiger partial charge on any atom is 0.272 e. The lowest BCUT2D eigenvalue weighted by atomic mass is 10.2. The molecule has 1 saturated heterocycles. The van der Waals surface area contributed by atoms with Gasteiger partial charge in [-0.15, -0.1) is 11.3 Å². The fourth-order valence-corrected chi connectivity index (χ4v) is 4.95. The summed E-state index contributed by atoms with van der Waals surface area (Å²) < 4.78 is 1.07. The molecule has 2 aromatic carbocycles. The van der Waals surface area contributed by atoms with E-state index >= 15 is 0 Å². The summed E-state index contributed by atoms with van der Waals surface area (Å²) in [6, 6.07) is 18.6. The number of benzene rings is 2. The van der Waals surface area contributed by atoms with Crippen LogP contribution in [0.1, 0.15) is 22.5 Å². The van der Waals surface area contributed by atoms with Gasteiger partial charge in [-0.25, -0.2) is 15.0 Å². The molecule has 2 N–H and O–H groups in total. The summed E-state index contributed by atoms with van der Waals surface area (Å²) >= 11 is 1.53. The van der Waals surface area contributed by atoms with Crippen molar-refractivity contribution in [1.82, 2.24) is 20.3 Å². The molecular weight excluding hydrogens is 394 g/mol. The second-order valence-electron chi connectivity index (χ2n) is 7.57. The first kappa shape index (κ1) is 18.8.